The molecule has 1 aliphatic heterocycles. The molecule has 0 saturated heterocycles. The molecule has 0 bridgehead atoms. The van der Waals surface area contributed by atoms with Crippen molar-refractivity contribution in [2.45, 2.75) is 85.2 Å². The Morgan fingerprint density at radius 3 is 2.66 bits per heavy atom. The average Bonchev–Trinajstić information content (AvgIpc) is 3.56. The molecule has 1 N–H and O–H groups in total. The zero-order chi connectivity index (χ0) is 28.5. The summed E-state index contributed by atoms with van der Waals surface area (Å²) >= 11 is 1.49. The molecule has 1 aliphatic carbocycles. The van der Waals surface area contributed by atoms with E-state index in [0.29, 0.717) is 17.2 Å². The van der Waals surface area contributed by atoms with Crippen molar-refractivity contribution in [1.29, 1.82) is 0 Å². The van der Waals surface area contributed by atoms with Gasteiger partial charge >= 0.3 is 0 Å². The summed E-state index contributed by atoms with van der Waals surface area (Å²) in [7, 11) is 0. The van der Waals surface area contributed by atoms with Crippen LogP contribution in [0.1, 0.15) is 89.6 Å². The number of nitrogens with one attached hydrogen (secondary N) is 1. The molecule has 4 heterocycles. The number of benzene rings is 1. The van der Waals surface area contributed by atoms with Crippen molar-refractivity contribution in [2.75, 3.05) is 16.8 Å². The van der Waals surface area contributed by atoms with Gasteiger partial charge in [0.25, 0.3) is 5.91 Å². The summed E-state index contributed by atoms with van der Waals surface area (Å²) in [4.78, 5) is 26.2. The lowest BCUT2D eigenvalue weighted by Gasteiger charge is -2.31. The zero-order valence-corrected chi connectivity index (χ0v) is 25.4. The van der Waals surface area contributed by atoms with Gasteiger partial charge in [0.05, 0.1) is 11.9 Å². The van der Waals surface area contributed by atoms with Crippen LogP contribution in [0.5, 0.6) is 0 Å². The standard InChI is InChI=1S/C33H40N6OS/c1-21(2)31-26(28-18-35-39(23(28)4)19-24-9-6-5-7-10-24)13-14-30(36-31)38-16-15-25-11-8-12-27(29(25)20-38)32(40)37-33-34-17-22(3)41-33/h8,11-14,17-18,21,24H,5-7,9-10,15-16,19-20H2,1-4H3,(H,34,37,40). The van der Waals surface area contributed by atoms with Gasteiger partial charge in [0.1, 0.15) is 5.82 Å². The highest BCUT2D eigenvalue weighted by Gasteiger charge is 2.25. The lowest BCUT2D eigenvalue weighted by molar-refractivity contribution is 0.102. The molecule has 0 atom stereocenters. The van der Waals surface area contributed by atoms with E-state index in [9.17, 15) is 4.79 Å². The summed E-state index contributed by atoms with van der Waals surface area (Å²) in [5.41, 5.74) is 7.69. The van der Waals surface area contributed by atoms with E-state index in [1.165, 1.54) is 65.8 Å². The minimum atomic E-state index is -0.107. The van der Waals surface area contributed by atoms with Gasteiger partial charge in [-0.05, 0) is 74.3 Å². The lowest BCUT2D eigenvalue weighted by atomic mass is 9.89. The second-order valence-corrected chi connectivity index (χ2v) is 13.2. The maximum atomic E-state index is 13.3. The fraction of sp³-hybridized carbons (Fsp3) is 0.455. The minimum Gasteiger partial charge on any atom is -0.352 e. The van der Waals surface area contributed by atoms with Crippen molar-refractivity contribution >= 4 is 28.2 Å². The molecule has 0 spiro atoms. The quantitative estimate of drug-likeness (QED) is 0.249. The van der Waals surface area contributed by atoms with Gasteiger partial charge < -0.3 is 4.90 Å². The van der Waals surface area contributed by atoms with E-state index in [-0.39, 0.29) is 11.8 Å². The number of fused-ring (bicyclic) bond motifs is 1. The molecule has 1 amide bonds. The molecule has 41 heavy (non-hydrogen) atoms. The van der Waals surface area contributed by atoms with Crippen molar-refractivity contribution < 1.29 is 4.79 Å². The molecule has 4 aromatic rings. The predicted octanol–water partition coefficient (Wildman–Crippen LogP) is 7.54. The van der Waals surface area contributed by atoms with Crippen LogP contribution in [0.15, 0.2) is 42.7 Å². The van der Waals surface area contributed by atoms with E-state index < -0.39 is 0 Å². The Morgan fingerprint density at radius 1 is 1.07 bits per heavy atom. The first kappa shape index (κ1) is 27.6. The van der Waals surface area contributed by atoms with E-state index in [2.05, 4.69) is 58.9 Å². The maximum absolute atomic E-state index is 13.3. The summed E-state index contributed by atoms with van der Waals surface area (Å²) < 4.78 is 2.21. The largest absolute Gasteiger partial charge is 0.352 e. The molecule has 1 saturated carbocycles. The minimum absolute atomic E-state index is 0.107. The van der Waals surface area contributed by atoms with E-state index in [1.807, 2.05) is 25.3 Å². The summed E-state index contributed by atoms with van der Waals surface area (Å²) in [6.07, 6.45) is 11.4. The number of hydrogen-bond donors (Lipinski definition) is 1. The molecule has 6 rings (SSSR count). The van der Waals surface area contributed by atoms with Gasteiger partial charge in [-0.1, -0.05) is 45.2 Å². The number of carbonyl (C=O) groups excluding carboxylic acids is 1. The van der Waals surface area contributed by atoms with Crippen molar-refractivity contribution in [1.82, 2.24) is 19.7 Å². The van der Waals surface area contributed by atoms with Crippen molar-refractivity contribution in [3.05, 3.63) is 75.7 Å². The first-order chi connectivity index (χ1) is 19.9. The molecule has 0 radical (unpaired) electrons. The van der Waals surface area contributed by atoms with Crippen LogP contribution in [0.25, 0.3) is 11.1 Å². The fourth-order valence-electron chi connectivity index (χ4n) is 6.38. The van der Waals surface area contributed by atoms with Crippen molar-refractivity contribution in [3.63, 3.8) is 0 Å². The number of thiazole rings is 1. The monoisotopic (exact) mass is 568 g/mol. The summed E-state index contributed by atoms with van der Waals surface area (Å²) in [5, 5.41) is 8.44. The third kappa shape index (κ3) is 5.80. The highest BCUT2D eigenvalue weighted by Crippen LogP contribution is 2.35. The number of aromatic nitrogens is 4. The maximum Gasteiger partial charge on any atom is 0.257 e. The molecule has 0 unspecified atom stereocenters. The Hall–Kier alpha value is -3.52. The predicted molar refractivity (Wildman–Crippen MR) is 167 cm³/mol. The Balaban J connectivity index is 1.25. The highest BCUT2D eigenvalue weighted by atomic mass is 32.1. The summed E-state index contributed by atoms with van der Waals surface area (Å²) in [6, 6.07) is 10.4. The van der Waals surface area contributed by atoms with Crippen LogP contribution in [0.3, 0.4) is 0 Å². The zero-order valence-electron chi connectivity index (χ0n) is 24.6. The second-order valence-electron chi connectivity index (χ2n) is 11.9. The average molecular weight is 569 g/mol. The van der Waals surface area contributed by atoms with Crippen molar-refractivity contribution in [3.8, 4) is 11.1 Å². The van der Waals surface area contributed by atoms with E-state index in [0.717, 1.165) is 47.4 Å². The van der Waals surface area contributed by atoms with Gasteiger partial charge in [-0.2, -0.15) is 5.10 Å². The molecule has 2 aliphatic rings. The van der Waals surface area contributed by atoms with Gasteiger partial charge in [0.15, 0.2) is 5.13 Å². The Bertz CT molecular complexity index is 1550. The third-order valence-electron chi connectivity index (χ3n) is 8.69. The van der Waals surface area contributed by atoms with Crippen LogP contribution in [-0.2, 0) is 19.5 Å². The number of aryl methyl sites for hydroxylation is 1. The number of carbonyl (C=O) groups is 1. The molecule has 1 aromatic carbocycles. The van der Waals surface area contributed by atoms with Crippen LogP contribution in [0, 0.1) is 19.8 Å². The van der Waals surface area contributed by atoms with Crippen LogP contribution < -0.4 is 10.2 Å². The Labute approximate surface area is 247 Å². The molecule has 3 aromatic heterocycles. The van der Waals surface area contributed by atoms with Gasteiger partial charge in [0.2, 0.25) is 0 Å². The number of pyridine rings is 1. The number of nitrogens with zero attached hydrogens (tertiary/aromatic N) is 5. The SMILES string of the molecule is Cc1cnc(NC(=O)c2cccc3c2CN(c2ccc(-c4cnn(CC5CCCCC5)c4C)c(C(C)C)n2)CC3)s1. The first-order valence-corrected chi connectivity index (χ1v) is 15.8. The van der Waals surface area contributed by atoms with E-state index >= 15 is 0 Å². The lowest BCUT2D eigenvalue weighted by Crippen LogP contribution is -2.33. The molecular formula is C33H40N6OS. The third-order valence-corrected chi connectivity index (χ3v) is 9.52. The Kier molecular flexibility index (Phi) is 7.93. The normalized spacial score (nSPS) is 15.8. The molecule has 214 valence electrons. The molecule has 7 nitrogen and oxygen atoms in total. The summed E-state index contributed by atoms with van der Waals surface area (Å²) in [5.74, 6) is 1.86. The van der Waals surface area contributed by atoms with E-state index in [4.69, 9.17) is 10.1 Å². The first-order valence-electron chi connectivity index (χ1n) is 15.0. The number of anilines is 2. The molecule has 8 heteroatoms. The topological polar surface area (TPSA) is 75.9 Å². The highest BCUT2D eigenvalue weighted by molar-refractivity contribution is 7.15. The van der Waals surface area contributed by atoms with E-state index in [1.54, 1.807) is 6.20 Å². The van der Waals surface area contributed by atoms with Crippen LogP contribution in [0.2, 0.25) is 0 Å². The van der Waals surface area contributed by atoms with Crippen LogP contribution in [-0.4, -0.2) is 32.2 Å². The van der Waals surface area contributed by atoms with Crippen LogP contribution >= 0.6 is 11.3 Å². The number of rotatable bonds is 7. The molecular weight excluding hydrogens is 528 g/mol. The smallest absolute Gasteiger partial charge is 0.257 e. The van der Waals surface area contributed by atoms with Gasteiger partial charge in [-0.25, -0.2) is 9.97 Å². The number of amides is 1. The van der Waals surface area contributed by atoms with Crippen molar-refractivity contribution in [2.24, 2.45) is 5.92 Å². The van der Waals surface area contributed by atoms with Gasteiger partial charge in [-0.15, -0.1) is 11.3 Å². The number of hydrogen-bond acceptors (Lipinski definition) is 6. The molecule has 1 fully saturated rings. The fourth-order valence-corrected chi connectivity index (χ4v) is 7.04. The van der Waals surface area contributed by atoms with Gasteiger partial charge in [-0.3, -0.25) is 14.8 Å². The summed E-state index contributed by atoms with van der Waals surface area (Å²) in [6.45, 7) is 11.1. The van der Waals surface area contributed by atoms with Crippen LogP contribution in [0.4, 0.5) is 10.9 Å². The van der Waals surface area contributed by atoms with Gasteiger partial charge in [0, 0.05) is 53.1 Å². The Morgan fingerprint density at radius 2 is 1.90 bits per heavy atom. The second kappa shape index (κ2) is 11.8.